The summed E-state index contributed by atoms with van der Waals surface area (Å²) in [5.41, 5.74) is -0.691. The fourth-order valence-electron chi connectivity index (χ4n) is 2.32. The van der Waals surface area contributed by atoms with Gasteiger partial charge in [0.05, 0.1) is 12.1 Å². The van der Waals surface area contributed by atoms with Crippen LogP contribution in [0.2, 0.25) is 0 Å². The van der Waals surface area contributed by atoms with Crippen LogP contribution in [0.1, 0.15) is 33.6 Å². The number of rotatable bonds is 4. The van der Waals surface area contributed by atoms with Crippen LogP contribution in [0.5, 0.6) is 0 Å². The highest BCUT2D eigenvalue weighted by Crippen LogP contribution is 2.33. The third-order valence-corrected chi connectivity index (χ3v) is 4.45. The Morgan fingerprint density at radius 2 is 2.00 bits per heavy atom. The minimum absolute atomic E-state index is 0.0956. The van der Waals surface area contributed by atoms with Gasteiger partial charge >= 0.3 is 6.18 Å². The minimum atomic E-state index is -4.44. The van der Waals surface area contributed by atoms with Crippen LogP contribution in [-0.4, -0.2) is 16.8 Å². The van der Waals surface area contributed by atoms with Gasteiger partial charge < -0.3 is 4.90 Å². The van der Waals surface area contributed by atoms with Gasteiger partial charge in [-0.25, -0.2) is 0 Å². The summed E-state index contributed by atoms with van der Waals surface area (Å²) in [5.74, 6) is -0.331. The molecule has 0 saturated heterocycles. The van der Waals surface area contributed by atoms with Gasteiger partial charge in [-0.3, -0.25) is 4.79 Å². The van der Waals surface area contributed by atoms with E-state index in [1.54, 1.807) is 16.2 Å². The second-order valence-electron chi connectivity index (χ2n) is 5.32. The first-order valence-corrected chi connectivity index (χ1v) is 7.84. The Morgan fingerprint density at radius 1 is 1.23 bits per heavy atom. The molecular formula is C16H14F3NOS. The molecule has 0 bridgehead atoms. The number of alkyl halides is 3. The van der Waals surface area contributed by atoms with Gasteiger partial charge in [-0.05, 0) is 42.5 Å². The molecule has 116 valence electrons. The standard InChI is InChI=1S/C16H14F3NOS/c17-16(18,19)12-4-1-3-11(9-12)15(21)20(13-6-7-13)10-14-5-2-8-22-14/h1-5,8-9,13H,6-7,10H2. The van der Waals surface area contributed by atoms with Crippen molar-refractivity contribution < 1.29 is 18.0 Å². The van der Waals surface area contributed by atoms with Gasteiger partial charge in [0.25, 0.3) is 5.91 Å². The quantitative estimate of drug-likeness (QED) is 0.806. The van der Waals surface area contributed by atoms with Gasteiger partial charge in [0.1, 0.15) is 0 Å². The number of halogens is 3. The van der Waals surface area contributed by atoms with E-state index in [9.17, 15) is 18.0 Å². The monoisotopic (exact) mass is 325 g/mol. The zero-order valence-corrected chi connectivity index (χ0v) is 12.5. The molecule has 0 spiro atoms. The van der Waals surface area contributed by atoms with Gasteiger partial charge in [-0.1, -0.05) is 12.1 Å². The SMILES string of the molecule is O=C(c1cccc(C(F)(F)F)c1)N(Cc1cccs1)C1CC1. The van der Waals surface area contributed by atoms with Gasteiger partial charge in [0.2, 0.25) is 0 Å². The average Bonchev–Trinajstić information content (AvgIpc) is 3.20. The van der Waals surface area contributed by atoms with Crippen molar-refractivity contribution in [1.29, 1.82) is 0 Å². The number of amides is 1. The van der Waals surface area contributed by atoms with Gasteiger partial charge in [-0.2, -0.15) is 13.2 Å². The Kier molecular flexibility index (Phi) is 3.95. The Balaban J connectivity index is 1.84. The number of thiophene rings is 1. The molecule has 0 atom stereocenters. The fourth-order valence-corrected chi connectivity index (χ4v) is 3.02. The van der Waals surface area contributed by atoms with E-state index in [1.165, 1.54) is 12.1 Å². The molecule has 6 heteroatoms. The minimum Gasteiger partial charge on any atom is -0.331 e. The lowest BCUT2D eigenvalue weighted by Crippen LogP contribution is -2.32. The van der Waals surface area contributed by atoms with E-state index in [0.717, 1.165) is 29.9 Å². The molecule has 1 amide bonds. The summed E-state index contributed by atoms with van der Waals surface area (Å²) in [4.78, 5) is 15.3. The lowest BCUT2D eigenvalue weighted by molar-refractivity contribution is -0.137. The molecular weight excluding hydrogens is 311 g/mol. The Morgan fingerprint density at radius 3 is 2.59 bits per heavy atom. The van der Waals surface area contributed by atoms with Gasteiger partial charge in [0.15, 0.2) is 0 Å². The zero-order valence-electron chi connectivity index (χ0n) is 11.6. The van der Waals surface area contributed by atoms with Crippen LogP contribution >= 0.6 is 11.3 Å². The lowest BCUT2D eigenvalue weighted by Gasteiger charge is -2.22. The largest absolute Gasteiger partial charge is 0.416 e. The average molecular weight is 325 g/mol. The van der Waals surface area contributed by atoms with Crippen molar-refractivity contribution in [3.63, 3.8) is 0 Å². The first-order chi connectivity index (χ1) is 10.4. The van der Waals surface area contributed by atoms with Crippen LogP contribution in [0.3, 0.4) is 0 Å². The number of hydrogen-bond acceptors (Lipinski definition) is 2. The van der Waals surface area contributed by atoms with Crippen LogP contribution in [0, 0.1) is 0 Å². The molecule has 1 saturated carbocycles. The molecule has 2 aromatic rings. The molecule has 0 unspecified atom stereocenters. The van der Waals surface area contributed by atoms with Gasteiger partial charge in [0, 0.05) is 16.5 Å². The topological polar surface area (TPSA) is 20.3 Å². The van der Waals surface area contributed by atoms with Crippen molar-refractivity contribution in [3.05, 3.63) is 57.8 Å². The predicted molar refractivity (Wildman–Crippen MR) is 78.7 cm³/mol. The maximum Gasteiger partial charge on any atom is 0.416 e. The van der Waals surface area contributed by atoms with Crippen LogP contribution in [0.15, 0.2) is 41.8 Å². The molecule has 1 aliphatic rings. The third-order valence-electron chi connectivity index (χ3n) is 3.59. The van der Waals surface area contributed by atoms with Crippen molar-refractivity contribution in [2.75, 3.05) is 0 Å². The Bertz CT molecular complexity index is 662. The highest BCUT2D eigenvalue weighted by Gasteiger charge is 2.35. The summed E-state index contributed by atoms with van der Waals surface area (Å²) >= 11 is 1.54. The van der Waals surface area contributed by atoms with Crippen molar-refractivity contribution in [1.82, 2.24) is 4.90 Å². The van der Waals surface area contributed by atoms with E-state index < -0.39 is 11.7 Å². The van der Waals surface area contributed by atoms with Crippen LogP contribution in [0.25, 0.3) is 0 Å². The molecule has 2 nitrogen and oxygen atoms in total. The molecule has 0 aliphatic heterocycles. The Labute approximate surface area is 130 Å². The maximum absolute atomic E-state index is 12.8. The highest BCUT2D eigenvalue weighted by molar-refractivity contribution is 7.09. The van der Waals surface area contributed by atoms with Crippen molar-refractivity contribution >= 4 is 17.2 Å². The Hall–Kier alpha value is -1.82. The van der Waals surface area contributed by atoms with E-state index >= 15 is 0 Å². The molecule has 1 aromatic carbocycles. The second kappa shape index (κ2) is 5.76. The summed E-state index contributed by atoms with van der Waals surface area (Å²) in [5, 5.41) is 1.93. The molecule has 22 heavy (non-hydrogen) atoms. The van der Waals surface area contributed by atoms with E-state index in [1.807, 2.05) is 17.5 Å². The normalized spacial score (nSPS) is 14.9. The van der Waals surface area contributed by atoms with E-state index in [4.69, 9.17) is 0 Å². The number of hydrogen-bond donors (Lipinski definition) is 0. The van der Waals surface area contributed by atoms with Crippen molar-refractivity contribution in [3.8, 4) is 0 Å². The van der Waals surface area contributed by atoms with Crippen molar-refractivity contribution in [2.45, 2.75) is 31.6 Å². The van der Waals surface area contributed by atoms with E-state index in [2.05, 4.69) is 0 Å². The number of carbonyl (C=O) groups is 1. The second-order valence-corrected chi connectivity index (χ2v) is 6.35. The molecule has 0 radical (unpaired) electrons. The lowest BCUT2D eigenvalue weighted by atomic mass is 10.1. The number of carbonyl (C=O) groups excluding carboxylic acids is 1. The van der Waals surface area contributed by atoms with Gasteiger partial charge in [-0.15, -0.1) is 11.3 Å². The molecule has 1 aliphatic carbocycles. The zero-order chi connectivity index (χ0) is 15.7. The first-order valence-electron chi connectivity index (χ1n) is 6.96. The fraction of sp³-hybridized carbons (Fsp3) is 0.312. The molecule has 1 fully saturated rings. The molecule has 1 heterocycles. The van der Waals surface area contributed by atoms with Crippen LogP contribution in [0.4, 0.5) is 13.2 Å². The maximum atomic E-state index is 12.8. The highest BCUT2D eigenvalue weighted by atomic mass is 32.1. The number of nitrogens with zero attached hydrogens (tertiary/aromatic N) is 1. The summed E-state index contributed by atoms with van der Waals surface area (Å²) in [7, 11) is 0. The summed E-state index contributed by atoms with van der Waals surface area (Å²) in [6, 6.07) is 8.63. The molecule has 0 N–H and O–H groups in total. The molecule has 1 aromatic heterocycles. The van der Waals surface area contributed by atoms with Crippen LogP contribution in [-0.2, 0) is 12.7 Å². The molecule has 3 rings (SSSR count). The van der Waals surface area contributed by atoms with Crippen molar-refractivity contribution in [2.24, 2.45) is 0 Å². The summed E-state index contributed by atoms with van der Waals surface area (Å²) in [6.45, 7) is 0.456. The van der Waals surface area contributed by atoms with Crippen LogP contribution < -0.4 is 0 Å². The van der Waals surface area contributed by atoms with E-state index in [-0.39, 0.29) is 17.5 Å². The predicted octanol–water partition coefficient (Wildman–Crippen LogP) is 4.57. The van der Waals surface area contributed by atoms with E-state index in [0.29, 0.717) is 6.54 Å². The third kappa shape index (κ3) is 3.32. The smallest absolute Gasteiger partial charge is 0.331 e. The first kappa shape index (κ1) is 15.1. The summed E-state index contributed by atoms with van der Waals surface area (Å²) < 4.78 is 38.4. The number of benzene rings is 1. The summed E-state index contributed by atoms with van der Waals surface area (Å²) in [6.07, 6.45) is -2.61.